The van der Waals surface area contributed by atoms with Crippen molar-refractivity contribution in [1.82, 2.24) is 4.98 Å². The van der Waals surface area contributed by atoms with Crippen molar-refractivity contribution in [2.75, 3.05) is 4.72 Å². The lowest BCUT2D eigenvalue weighted by molar-refractivity contribution is 0.594. The number of nitrogens with one attached hydrogen (secondary N) is 1. The molecule has 0 saturated heterocycles. The summed E-state index contributed by atoms with van der Waals surface area (Å²) in [5, 5.41) is 0. The standard InChI is InChI=1S/C12H9BrFN3O2S2/c13-7-6-16-5-4-9(7)17-21(18,19)10-3-1-2-8(14)11(10)12(15)20/h1-6H,(H2,15,20)(H,16,17). The number of hydrogen-bond acceptors (Lipinski definition) is 4. The van der Waals surface area contributed by atoms with Crippen LogP contribution in [0.2, 0.25) is 0 Å². The van der Waals surface area contributed by atoms with Crippen molar-refractivity contribution in [3.05, 3.63) is 52.5 Å². The fraction of sp³-hybridized carbons (Fsp3) is 0. The second-order valence-electron chi connectivity index (χ2n) is 3.94. The maximum Gasteiger partial charge on any atom is 0.262 e. The molecule has 0 aliphatic rings. The highest BCUT2D eigenvalue weighted by molar-refractivity contribution is 9.10. The van der Waals surface area contributed by atoms with E-state index in [-0.39, 0.29) is 21.1 Å². The molecule has 1 aromatic carbocycles. The molecule has 3 N–H and O–H groups in total. The molecule has 2 rings (SSSR count). The van der Waals surface area contributed by atoms with Gasteiger partial charge in [-0.1, -0.05) is 18.3 Å². The maximum atomic E-state index is 13.8. The van der Waals surface area contributed by atoms with Gasteiger partial charge in [0.1, 0.15) is 15.7 Å². The second kappa shape index (κ2) is 6.04. The molecule has 0 saturated carbocycles. The van der Waals surface area contributed by atoms with Gasteiger partial charge >= 0.3 is 0 Å². The molecule has 0 fully saturated rings. The summed E-state index contributed by atoms with van der Waals surface area (Å²) in [6.07, 6.45) is 2.85. The number of halogens is 2. The van der Waals surface area contributed by atoms with Gasteiger partial charge in [0.05, 0.1) is 15.7 Å². The summed E-state index contributed by atoms with van der Waals surface area (Å²) in [6, 6.07) is 5.06. The first-order valence-corrected chi connectivity index (χ1v) is 8.22. The smallest absolute Gasteiger partial charge is 0.262 e. The Balaban J connectivity index is 2.53. The molecule has 21 heavy (non-hydrogen) atoms. The van der Waals surface area contributed by atoms with Crippen LogP contribution in [0.25, 0.3) is 0 Å². The Morgan fingerprint density at radius 1 is 1.38 bits per heavy atom. The number of hydrogen-bond donors (Lipinski definition) is 2. The first-order valence-electron chi connectivity index (χ1n) is 5.53. The minimum absolute atomic E-state index is 0.267. The number of aromatic nitrogens is 1. The van der Waals surface area contributed by atoms with Crippen LogP contribution in [0.1, 0.15) is 5.56 Å². The van der Waals surface area contributed by atoms with Gasteiger partial charge in [-0.2, -0.15) is 0 Å². The van der Waals surface area contributed by atoms with E-state index in [1.54, 1.807) is 0 Å². The molecule has 0 bridgehead atoms. The molecule has 0 unspecified atom stereocenters. The van der Waals surface area contributed by atoms with E-state index in [2.05, 4.69) is 25.6 Å². The summed E-state index contributed by atoms with van der Waals surface area (Å²) >= 11 is 7.89. The Hall–Kier alpha value is -1.58. The van der Waals surface area contributed by atoms with Gasteiger partial charge in [0.25, 0.3) is 10.0 Å². The van der Waals surface area contributed by atoms with Crippen LogP contribution in [-0.4, -0.2) is 18.4 Å². The molecule has 0 radical (unpaired) electrons. The number of nitrogens with two attached hydrogens (primary N) is 1. The van der Waals surface area contributed by atoms with Gasteiger partial charge in [-0.25, -0.2) is 12.8 Å². The molecule has 1 aromatic heterocycles. The quantitative estimate of drug-likeness (QED) is 0.784. The van der Waals surface area contributed by atoms with Gasteiger partial charge in [-0.05, 0) is 34.1 Å². The summed E-state index contributed by atoms with van der Waals surface area (Å²) in [7, 11) is -4.05. The summed E-state index contributed by atoms with van der Waals surface area (Å²) < 4.78 is 41.3. The number of anilines is 1. The van der Waals surface area contributed by atoms with Gasteiger partial charge in [-0.15, -0.1) is 0 Å². The number of rotatable bonds is 4. The highest BCUT2D eigenvalue weighted by atomic mass is 79.9. The summed E-state index contributed by atoms with van der Waals surface area (Å²) in [5.74, 6) is -0.792. The number of pyridine rings is 1. The van der Waals surface area contributed by atoms with E-state index in [0.717, 1.165) is 6.07 Å². The highest BCUT2D eigenvalue weighted by Gasteiger charge is 2.23. The lowest BCUT2D eigenvalue weighted by atomic mass is 10.2. The zero-order chi connectivity index (χ0) is 15.6. The fourth-order valence-electron chi connectivity index (χ4n) is 1.63. The molecule has 1 heterocycles. The minimum Gasteiger partial charge on any atom is -0.389 e. The summed E-state index contributed by atoms with van der Waals surface area (Å²) in [5.41, 5.74) is 5.37. The van der Waals surface area contributed by atoms with E-state index in [4.69, 9.17) is 18.0 Å². The molecule has 0 aliphatic carbocycles. The number of sulfonamides is 1. The van der Waals surface area contributed by atoms with Crippen molar-refractivity contribution in [2.45, 2.75) is 4.90 Å². The van der Waals surface area contributed by atoms with Crippen molar-refractivity contribution in [2.24, 2.45) is 5.73 Å². The van der Waals surface area contributed by atoms with E-state index in [1.807, 2.05) is 0 Å². The van der Waals surface area contributed by atoms with Crippen molar-refractivity contribution < 1.29 is 12.8 Å². The summed E-state index contributed by atoms with van der Waals surface area (Å²) in [6.45, 7) is 0. The molecule has 0 aliphatic heterocycles. The average Bonchev–Trinajstić information content (AvgIpc) is 2.40. The van der Waals surface area contributed by atoms with Gasteiger partial charge in [0.15, 0.2) is 0 Å². The Bertz CT molecular complexity index is 812. The molecule has 0 atom stereocenters. The molecule has 0 amide bonds. The third kappa shape index (κ3) is 3.36. The highest BCUT2D eigenvalue weighted by Crippen LogP contribution is 2.26. The van der Waals surface area contributed by atoms with Crippen LogP contribution in [0.4, 0.5) is 10.1 Å². The Kier molecular flexibility index (Phi) is 4.55. The lowest BCUT2D eigenvalue weighted by Crippen LogP contribution is -2.21. The largest absolute Gasteiger partial charge is 0.389 e. The Morgan fingerprint density at radius 3 is 2.71 bits per heavy atom. The van der Waals surface area contributed by atoms with Crippen LogP contribution in [0, 0.1) is 5.82 Å². The van der Waals surface area contributed by atoms with Gasteiger partial charge in [-0.3, -0.25) is 9.71 Å². The predicted octanol–water partition coefficient (Wildman–Crippen LogP) is 2.42. The van der Waals surface area contributed by atoms with Crippen molar-refractivity contribution in [3.63, 3.8) is 0 Å². The van der Waals surface area contributed by atoms with Crippen LogP contribution in [0.5, 0.6) is 0 Å². The van der Waals surface area contributed by atoms with E-state index in [0.29, 0.717) is 4.47 Å². The molecule has 0 spiro atoms. The van der Waals surface area contributed by atoms with Gasteiger partial charge in [0, 0.05) is 12.4 Å². The number of thiocarbonyl (C=S) groups is 1. The van der Waals surface area contributed by atoms with Gasteiger partial charge in [0.2, 0.25) is 0 Å². The van der Waals surface area contributed by atoms with Crippen LogP contribution < -0.4 is 10.5 Å². The van der Waals surface area contributed by atoms with Gasteiger partial charge < -0.3 is 5.73 Å². The van der Waals surface area contributed by atoms with E-state index in [9.17, 15) is 12.8 Å². The molecule has 9 heteroatoms. The molecule has 110 valence electrons. The topological polar surface area (TPSA) is 85.1 Å². The first-order chi connectivity index (χ1) is 9.83. The summed E-state index contributed by atoms with van der Waals surface area (Å²) in [4.78, 5) is 3.17. The molecular formula is C12H9BrFN3O2S2. The number of benzene rings is 1. The average molecular weight is 390 g/mol. The van der Waals surface area contributed by atoms with E-state index in [1.165, 1.54) is 30.6 Å². The van der Waals surface area contributed by atoms with E-state index < -0.39 is 15.8 Å². The Morgan fingerprint density at radius 2 is 2.10 bits per heavy atom. The minimum atomic E-state index is -4.05. The van der Waals surface area contributed by atoms with E-state index >= 15 is 0 Å². The zero-order valence-electron chi connectivity index (χ0n) is 10.4. The molecule has 5 nitrogen and oxygen atoms in total. The van der Waals surface area contributed by atoms with Crippen LogP contribution >= 0.6 is 28.1 Å². The lowest BCUT2D eigenvalue weighted by Gasteiger charge is -2.13. The van der Waals surface area contributed by atoms with Crippen molar-refractivity contribution in [3.8, 4) is 0 Å². The maximum absolute atomic E-state index is 13.8. The van der Waals surface area contributed by atoms with Crippen LogP contribution in [0.3, 0.4) is 0 Å². The fourth-order valence-corrected chi connectivity index (χ4v) is 3.69. The van der Waals surface area contributed by atoms with Crippen LogP contribution in [0.15, 0.2) is 46.0 Å². The SMILES string of the molecule is NC(=S)c1c(F)cccc1S(=O)(=O)Nc1ccncc1Br. The predicted molar refractivity (Wildman–Crippen MR) is 85.0 cm³/mol. The monoisotopic (exact) mass is 389 g/mol. The van der Waals surface area contributed by atoms with Crippen LogP contribution in [-0.2, 0) is 10.0 Å². The normalized spacial score (nSPS) is 11.1. The Labute approximate surface area is 134 Å². The van der Waals surface area contributed by atoms with Crippen molar-refractivity contribution >= 4 is 48.8 Å². The zero-order valence-corrected chi connectivity index (χ0v) is 13.6. The third-order valence-corrected chi connectivity index (χ3v) is 4.77. The number of nitrogens with zero attached hydrogens (tertiary/aromatic N) is 1. The molecule has 2 aromatic rings. The molecular weight excluding hydrogens is 381 g/mol. The van der Waals surface area contributed by atoms with Crippen molar-refractivity contribution in [1.29, 1.82) is 0 Å². The first kappa shape index (κ1) is 15.8. The second-order valence-corrected chi connectivity index (χ2v) is 6.88. The third-order valence-electron chi connectivity index (χ3n) is 2.53.